The summed E-state index contributed by atoms with van der Waals surface area (Å²) >= 11 is 0. The highest BCUT2D eigenvalue weighted by atomic mass is 16.5. The summed E-state index contributed by atoms with van der Waals surface area (Å²) in [4.78, 5) is 25.9. The van der Waals surface area contributed by atoms with Crippen LogP contribution in [0.3, 0.4) is 0 Å². The second-order valence-electron chi connectivity index (χ2n) is 7.27. The molecular weight excluding hydrogens is 363 g/mol. The number of benzene rings is 1. The minimum atomic E-state index is -1.29. The zero-order valence-electron chi connectivity index (χ0n) is 15.8. The smallest absolute Gasteiger partial charge is 0.534 e. The highest BCUT2D eigenvalue weighted by Crippen LogP contribution is 2.30. The Hall–Kier alpha value is -2.14. The van der Waals surface area contributed by atoms with E-state index in [9.17, 15) is 19.7 Å². The van der Waals surface area contributed by atoms with Gasteiger partial charge in [0, 0.05) is 19.1 Å². The number of carboxylic acid groups (broad SMARTS) is 1. The Morgan fingerprint density at radius 2 is 2.07 bits per heavy atom. The minimum Gasteiger partial charge on any atom is -0.534 e. The summed E-state index contributed by atoms with van der Waals surface area (Å²) in [5, 5.41) is 25.5. The Kier molecular flexibility index (Phi) is 6.90. The number of piperidine rings is 1. The summed E-state index contributed by atoms with van der Waals surface area (Å²) in [5.74, 6) is -1.81. The molecule has 0 aliphatic carbocycles. The van der Waals surface area contributed by atoms with Crippen molar-refractivity contribution in [2.24, 2.45) is 5.73 Å². The van der Waals surface area contributed by atoms with Crippen LogP contribution in [0, 0.1) is 0 Å². The first kappa shape index (κ1) is 20.6. The van der Waals surface area contributed by atoms with E-state index in [1.165, 1.54) is 6.07 Å². The second kappa shape index (κ2) is 9.38. The number of rotatable bonds is 7. The van der Waals surface area contributed by atoms with Crippen molar-refractivity contribution in [1.29, 1.82) is 0 Å². The van der Waals surface area contributed by atoms with Gasteiger partial charge in [0.15, 0.2) is 0 Å². The normalized spacial score (nSPS) is 20.4. The van der Waals surface area contributed by atoms with Gasteiger partial charge in [-0.25, -0.2) is 4.79 Å². The van der Waals surface area contributed by atoms with Crippen LogP contribution in [0.5, 0.6) is 5.75 Å². The van der Waals surface area contributed by atoms with Crippen LogP contribution < -0.4 is 21.0 Å². The van der Waals surface area contributed by atoms with Gasteiger partial charge in [0.05, 0.1) is 18.0 Å². The molecule has 1 unspecified atom stereocenters. The maximum atomic E-state index is 12.3. The molecule has 1 aromatic rings. The van der Waals surface area contributed by atoms with Crippen molar-refractivity contribution in [3.63, 3.8) is 0 Å². The number of likely N-dealkylation sites (tertiary alicyclic amines) is 1. The molecule has 28 heavy (non-hydrogen) atoms. The van der Waals surface area contributed by atoms with Gasteiger partial charge in [0.25, 0.3) is 0 Å². The van der Waals surface area contributed by atoms with E-state index in [1.807, 2.05) is 0 Å². The number of carbonyl (C=O) groups excluding carboxylic acids is 1. The largest absolute Gasteiger partial charge is 0.547 e. The van der Waals surface area contributed by atoms with E-state index in [0.29, 0.717) is 18.5 Å². The monoisotopic (exact) mass is 390 g/mol. The van der Waals surface area contributed by atoms with Crippen molar-refractivity contribution in [2.45, 2.75) is 31.2 Å². The number of para-hydroxylation sites is 1. The van der Waals surface area contributed by atoms with Crippen LogP contribution in [0.15, 0.2) is 18.2 Å². The number of nitrogens with zero attached hydrogens (tertiary/aromatic N) is 1. The average molecular weight is 390 g/mol. The molecule has 3 rings (SSSR count). The Morgan fingerprint density at radius 3 is 2.75 bits per heavy atom. The Balaban J connectivity index is 1.48. The Labute approximate surface area is 164 Å². The van der Waals surface area contributed by atoms with Crippen LogP contribution in [-0.2, 0) is 11.2 Å². The second-order valence-corrected chi connectivity index (χ2v) is 7.27. The molecule has 152 valence electrons. The Bertz CT molecular complexity index is 711. The van der Waals surface area contributed by atoms with Crippen LogP contribution in [0.2, 0.25) is 0 Å². The fraction of sp³-hybridized carbons (Fsp3) is 0.556. The topological polar surface area (TPSA) is 137 Å². The highest BCUT2D eigenvalue weighted by molar-refractivity contribution is 6.47. The van der Waals surface area contributed by atoms with Gasteiger partial charge in [0.1, 0.15) is 5.75 Å². The quantitative estimate of drug-likeness (QED) is 0.368. The number of hydrogen-bond donors (Lipinski definition) is 5. The number of carboxylic acids is 1. The van der Waals surface area contributed by atoms with E-state index < -0.39 is 19.0 Å². The van der Waals surface area contributed by atoms with Gasteiger partial charge in [-0.3, -0.25) is 4.79 Å². The van der Waals surface area contributed by atoms with E-state index in [2.05, 4.69) is 15.5 Å². The zero-order chi connectivity index (χ0) is 20.1. The lowest BCUT2D eigenvalue weighted by molar-refractivity contribution is -0.120. The number of fused-ring (bicyclic) bond motifs is 1. The maximum Gasteiger partial charge on any atom is 0.547 e. The molecule has 1 amide bonds. The summed E-state index contributed by atoms with van der Waals surface area (Å²) in [6.07, 6.45) is 2.24. The van der Waals surface area contributed by atoms with Crippen molar-refractivity contribution < 1.29 is 24.4 Å². The number of aromatic carboxylic acids is 1. The van der Waals surface area contributed by atoms with Gasteiger partial charge in [-0.1, -0.05) is 12.1 Å². The van der Waals surface area contributed by atoms with Crippen molar-refractivity contribution in [3.05, 3.63) is 29.3 Å². The van der Waals surface area contributed by atoms with E-state index in [4.69, 9.17) is 10.4 Å². The molecule has 2 aliphatic heterocycles. The number of carbonyl (C=O) groups is 2. The fourth-order valence-electron chi connectivity index (χ4n) is 3.75. The minimum absolute atomic E-state index is 0.00368. The van der Waals surface area contributed by atoms with Crippen LogP contribution in [0.25, 0.3) is 0 Å². The summed E-state index contributed by atoms with van der Waals surface area (Å²) in [5.41, 5.74) is 6.23. The number of hydrogen-bond acceptors (Lipinski definition) is 7. The Morgan fingerprint density at radius 1 is 1.32 bits per heavy atom. The summed E-state index contributed by atoms with van der Waals surface area (Å²) in [6.45, 7) is 3.65. The van der Waals surface area contributed by atoms with E-state index in [0.717, 1.165) is 32.5 Å². The molecule has 1 atom stereocenters. The molecule has 6 N–H and O–H groups in total. The molecule has 0 radical (unpaired) electrons. The highest BCUT2D eigenvalue weighted by Gasteiger charge is 2.37. The molecule has 1 saturated heterocycles. The van der Waals surface area contributed by atoms with Gasteiger partial charge >= 0.3 is 13.1 Å². The van der Waals surface area contributed by atoms with Crippen LogP contribution >= 0.6 is 0 Å². The molecule has 2 aliphatic rings. The molecule has 2 heterocycles. The lowest BCUT2D eigenvalue weighted by Crippen LogP contribution is -2.55. The molecule has 0 bridgehead atoms. The summed E-state index contributed by atoms with van der Waals surface area (Å²) in [6, 6.07) is 5.07. The lowest BCUT2D eigenvalue weighted by atomic mass is 9.72. The van der Waals surface area contributed by atoms with Gasteiger partial charge in [-0.05, 0) is 44.0 Å². The standard InChI is InChI=1S/C18H27BN4O5/c20-6-9-23-7-4-13(5-8-23)21-11-16(24)22-15-10-12-2-1-3-14(18(25)26)17(12)28-19(15)27/h1-3,13,15,21,27H,4-11,20H2,(H,22,24)(H,25,26). The SMILES string of the molecule is NCCN1CCC(NCC(=O)NC2Cc3cccc(C(=O)O)c3OB2O)CC1. The molecule has 10 heteroatoms. The summed E-state index contributed by atoms with van der Waals surface area (Å²) < 4.78 is 5.39. The third-order valence-corrected chi connectivity index (χ3v) is 5.28. The first-order valence-corrected chi connectivity index (χ1v) is 9.63. The molecule has 1 fully saturated rings. The van der Waals surface area contributed by atoms with E-state index in [-0.39, 0.29) is 29.8 Å². The van der Waals surface area contributed by atoms with Crippen molar-refractivity contribution in [3.8, 4) is 5.75 Å². The molecule has 0 spiro atoms. The molecule has 9 nitrogen and oxygen atoms in total. The average Bonchev–Trinajstić information content (AvgIpc) is 2.68. The van der Waals surface area contributed by atoms with Crippen molar-refractivity contribution in [2.75, 3.05) is 32.7 Å². The first-order chi connectivity index (χ1) is 13.5. The van der Waals surface area contributed by atoms with Crippen LogP contribution in [0.1, 0.15) is 28.8 Å². The zero-order valence-corrected chi connectivity index (χ0v) is 15.8. The van der Waals surface area contributed by atoms with Gasteiger partial charge < -0.3 is 36.1 Å². The molecule has 1 aromatic carbocycles. The first-order valence-electron chi connectivity index (χ1n) is 9.63. The maximum absolute atomic E-state index is 12.3. The number of nitrogens with two attached hydrogens (primary N) is 1. The fourth-order valence-corrected chi connectivity index (χ4v) is 3.75. The van der Waals surface area contributed by atoms with Crippen LogP contribution in [-0.4, -0.2) is 78.7 Å². The number of amides is 1. The molecule has 0 saturated carbocycles. The molecular formula is C18H27BN4O5. The third kappa shape index (κ3) is 5.02. The van der Waals surface area contributed by atoms with Gasteiger partial charge in [0.2, 0.25) is 5.91 Å². The van der Waals surface area contributed by atoms with E-state index in [1.54, 1.807) is 12.1 Å². The van der Waals surface area contributed by atoms with Gasteiger partial charge in [-0.15, -0.1) is 0 Å². The predicted molar refractivity (Wildman–Crippen MR) is 104 cm³/mol. The molecule has 0 aromatic heterocycles. The summed E-state index contributed by atoms with van der Waals surface area (Å²) in [7, 11) is -1.29. The predicted octanol–water partition coefficient (Wildman–Crippen LogP) is -1.16. The third-order valence-electron chi connectivity index (χ3n) is 5.28. The number of nitrogens with one attached hydrogen (secondary N) is 2. The van der Waals surface area contributed by atoms with Crippen LogP contribution in [0.4, 0.5) is 0 Å². The lowest BCUT2D eigenvalue weighted by Gasteiger charge is -2.32. The van der Waals surface area contributed by atoms with Crippen molar-refractivity contribution >= 4 is 19.0 Å². The van der Waals surface area contributed by atoms with E-state index >= 15 is 0 Å². The van der Waals surface area contributed by atoms with Crippen molar-refractivity contribution in [1.82, 2.24) is 15.5 Å². The van der Waals surface area contributed by atoms with Gasteiger partial charge in [-0.2, -0.15) is 0 Å².